The number of anilines is 2. The number of benzene rings is 1. The zero-order chi connectivity index (χ0) is 13.2. The lowest BCUT2D eigenvalue weighted by Crippen LogP contribution is -2.29. The van der Waals surface area contributed by atoms with Gasteiger partial charge >= 0.3 is 7.59 Å². The first-order chi connectivity index (χ1) is 8.59. The summed E-state index contributed by atoms with van der Waals surface area (Å²) in [6.45, 7) is 0.987. The maximum Gasteiger partial charge on any atom is 0.330 e. The van der Waals surface area contributed by atoms with Gasteiger partial charge in [0.25, 0.3) is 0 Å². The first-order valence-corrected chi connectivity index (χ1v) is 8.53. The molecular weight excluding hydrogens is 315 g/mol. The van der Waals surface area contributed by atoms with Crippen molar-refractivity contribution in [3.8, 4) is 0 Å². The topological polar surface area (TPSA) is 44.4 Å². The van der Waals surface area contributed by atoms with Gasteiger partial charge in [-0.1, -0.05) is 11.6 Å². The maximum atomic E-state index is 12.8. The van der Waals surface area contributed by atoms with E-state index in [0.29, 0.717) is 29.9 Å². The number of alkyl halides is 2. The van der Waals surface area contributed by atoms with Gasteiger partial charge in [-0.2, -0.15) is 0 Å². The lowest BCUT2D eigenvalue weighted by molar-refractivity contribution is 0.455. The molecule has 0 radical (unpaired) electrons. The van der Waals surface area contributed by atoms with E-state index in [1.54, 1.807) is 22.9 Å². The molecule has 8 heteroatoms. The Bertz CT molecular complexity index is 479. The molecule has 0 amide bonds. The third-order valence-electron chi connectivity index (χ3n) is 2.61. The van der Waals surface area contributed by atoms with Crippen LogP contribution < -0.4 is 10.2 Å². The van der Waals surface area contributed by atoms with Crippen LogP contribution in [-0.2, 0) is 4.57 Å². The molecule has 1 aliphatic heterocycles. The van der Waals surface area contributed by atoms with Crippen molar-refractivity contribution in [3.63, 3.8) is 0 Å². The van der Waals surface area contributed by atoms with E-state index in [2.05, 4.69) is 10.2 Å². The fourth-order valence-electron chi connectivity index (χ4n) is 1.79. The minimum absolute atomic E-state index is 0.390. The van der Waals surface area contributed by atoms with E-state index in [1.165, 1.54) is 0 Å². The van der Waals surface area contributed by atoms with Crippen LogP contribution in [0.5, 0.6) is 0 Å². The van der Waals surface area contributed by atoms with Gasteiger partial charge in [0.2, 0.25) is 0 Å². The Kier molecular flexibility index (Phi) is 4.68. The summed E-state index contributed by atoms with van der Waals surface area (Å²) in [5.41, 5.74) is 1.51. The second kappa shape index (κ2) is 5.89. The van der Waals surface area contributed by atoms with Crippen LogP contribution in [0.3, 0.4) is 0 Å². The summed E-state index contributed by atoms with van der Waals surface area (Å²) >= 11 is 17.4. The predicted octanol–water partition coefficient (Wildman–Crippen LogP) is 4.07. The van der Waals surface area contributed by atoms with Crippen LogP contribution in [0.4, 0.5) is 11.4 Å². The third kappa shape index (κ3) is 2.89. The minimum atomic E-state index is -2.91. The molecular formula is C10H13Cl3N3OP. The van der Waals surface area contributed by atoms with E-state index in [0.717, 1.165) is 11.4 Å². The van der Waals surface area contributed by atoms with Gasteiger partial charge in [-0.25, -0.2) is 4.67 Å². The van der Waals surface area contributed by atoms with Gasteiger partial charge in [0, 0.05) is 29.9 Å². The Balaban J connectivity index is 2.22. The van der Waals surface area contributed by atoms with Crippen molar-refractivity contribution in [2.75, 3.05) is 35.0 Å². The Morgan fingerprint density at radius 1 is 1.11 bits per heavy atom. The molecule has 2 N–H and O–H groups in total. The molecule has 1 aromatic carbocycles. The first kappa shape index (κ1) is 14.3. The van der Waals surface area contributed by atoms with Crippen molar-refractivity contribution >= 4 is 53.8 Å². The van der Waals surface area contributed by atoms with Gasteiger partial charge in [-0.05, 0) is 18.2 Å². The molecule has 0 aliphatic carbocycles. The van der Waals surface area contributed by atoms with Crippen molar-refractivity contribution in [2.24, 2.45) is 0 Å². The van der Waals surface area contributed by atoms with Gasteiger partial charge in [0.05, 0.1) is 11.4 Å². The summed E-state index contributed by atoms with van der Waals surface area (Å²) in [4.78, 5) is 0. The number of rotatable bonds is 5. The van der Waals surface area contributed by atoms with Crippen LogP contribution in [0.2, 0.25) is 5.02 Å². The highest BCUT2D eigenvalue weighted by Crippen LogP contribution is 2.56. The zero-order valence-corrected chi connectivity index (χ0v) is 12.7. The summed E-state index contributed by atoms with van der Waals surface area (Å²) in [7, 11) is -2.91. The smallest absolute Gasteiger partial charge is 0.306 e. The fourth-order valence-corrected chi connectivity index (χ4v) is 4.74. The number of nitrogens with zero attached hydrogens (tertiary/aromatic N) is 1. The largest absolute Gasteiger partial charge is 0.330 e. The maximum absolute atomic E-state index is 12.8. The van der Waals surface area contributed by atoms with Crippen LogP contribution in [0, 0.1) is 0 Å². The van der Waals surface area contributed by atoms with E-state index < -0.39 is 7.59 Å². The van der Waals surface area contributed by atoms with E-state index in [-0.39, 0.29) is 0 Å². The molecule has 1 aliphatic rings. The SMILES string of the molecule is O=P1(N(CCCl)CCCl)Nc2ccc(Cl)cc2N1. The average Bonchev–Trinajstić information content (AvgIpc) is 2.65. The summed E-state index contributed by atoms with van der Waals surface area (Å²) in [6, 6.07) is 5.28. The highest BCUT2D eigenvalue weighted by Gasteiger charge is 2.36. The molecule has 1 atom stereocenters. The molecule has 18 heavy (non-hydrogen) atoms. The average molecular weight is 329 g/mol. The van der Waals surface area contributed by atoms with Gasteiger partial charge in [0.1, 0.15) is 0 Å². The van der Waals surface area contributed by atoms with E-state index in [1.807, 2.05) is 0 Å². The Morgan fingerprint density at radius 2 is 1.72 bits per heavy atom. The van der Waals surface area contributed by atoms with E-state index in [4.69, 9.17) is 34.8 Å². The Labute approximate surface area is 121 Å². The van der Waals surface area contributed by atoms with Crippen LogP contribution in [0.15, 0.2) is 18.2 Å². The normalized spacial score (nSPS) is 21.6. The molecule has 0 fully saturated rings. The zero-order valence-electron chi connectivity index (χ0n) is 9.50. The molecule has 0 aromatic heterocycles. The number of hydrogen-bond donors (Lipinski definition) is 2. The van der Waals surface area contributed by atoms with Crippen molar-refractivity contribution in [1.82, 2.24) is 4.67 Å². The second-order valence-corrected chi connectivity index (χ2v) is 7.18. The van der Waals surface area contributed by atoms with E-state index in [9.17, 15) is 4.57 Å². The third-order valence-corrected chi connectivity index (χ3v) is 5.47. The standard InChI is InChI=1S/C10H13Cl3N3OP/c11-3-5-16(6-4-12)18(17)14-9-2-1-8(13)7-10(9)15-18/h1-2,7H,3-6H2,(H2,14,15,17). The van der Waals surface area contributed by atoms with Gasteiger partial charge < -0.3 is 10.2 Å². The Morgan fingerprint density at radius 3 is 2.33 bits per heavy atom. The molecule has 0 bridgehead atoms. The van der Waals surface area contributed by atoms with Crippen LogP contribution in [0.25, 0.3) is 0 Å². The number of nitrogens with one attached hydrogen (secondary N) is 2. The van der Waals surface area contributed by atoms with Crippen LogP contribution >= 0.6 is 42.4 Å². The number of halogens is 3. The highest BCUT2D eigenvalue weighted by atomic mass is 35.5. The second-order valence-electron chi connectivity index (χ2n) is 3.82. The molecule has 1 aromatic rings. The fraction of sp³-hybridized carbons (Fsp3) is 0.400. The van der Waals surface area contributed by atoms with Gasteiger partial charge in [-0.15, -0.1) is 23.2 Å². The first-order valence-electron chi connectivity index (χ1n) is 5.42. The molecule has 4 nitrogen and oxygen atoms in total. The minimum Gasteiger partial charge on any atom is -0.306 e. The van der Waals surface area contributed by atoms with Crippen molar-refractivity contribution in [1.29, 1.82) is 0 Å². The summed E-state index contributed by atoms with van der Waals surface area (Å²) < 4.78 is 14.5. The van der Waals surface area contributed by atoms with E-state index >= 15 is 0 Å². The van der Waals surface area contributed by atoms with Gasteiger partial charge in [0.15, 0.2) is 0 Å². The number of fused-ring (bicyclic) bond motifs is 1. The number of hydrogen-bond acceptors (Lipinski definition) is 1. The summed E-state index contributed by atoms with van der Waals surface area (Å²) in [6.07, 6.45) is 0. The molecule has 0 spiro atoms. The van der Waals surface area contributed by atoms with Crippen LogP contribution in [-0.4, -0.2) is 29.5 Å². The lowest BCUT2D eigenvalue weighted by atomic mass is 10.3. The monoisotopic (exact) mass is 327 g/mol. The molecule has 100 valence electrons. The summed E-state index contributed by atoms with van der Waals surface area (Å²) in [5.74, 6) is 0.780. The molecule has 2 rings (SSSR count). The van der Waals surface area contributed by atoms with Crippen LogP contribution in [0.1, 0.15) is 0 Å². The lowest BCUT2D eigenvalue weighted by Gasteiger charge is -2.27. The van der Waals surface area contributed by atoms with Gasteiger partial charge in [-0.3, -0.25) is 4.57 Å². The molecule has 0 saturated heterocycles. The summed E-state index contributed by atoms with van der Waals surface area (Å²) in [5, 5.41) is 6.59. The van der Waals surface area contributed by atoms with Crippen molar-refractivity contribution in [2.45, 2.75) is 0 Å². The highest BCUT2D eigenvalue weighted by molar-refractivity contribution is 7.65. The molecule has 1 unspecified atom stereocenters. The van der Waals surface area contributed by atoms with Crippen molar-refractivity contribution in [3.05, 3.63) is 23.2 Å². The molecule has 0 saturated carbocycles. The van der Waals surface area contributed by atoms with Crippen molar-refractivity contribution < 1.29 is 4.57 Å². The quantitative estimate of drug-likeness (QED) is 0.632. The Hall–Kier alpha value is -0.120. The predicted molar refractivity (Wildman–Crippen MR) is 79.3 cm³/mol. The molecule has 1 heterocycles.